The third kappa shape index (κ3) is 2.60. The number of hydrogen-bond acceptors (Lipinski definition) is 1. The van der Waals surface area contributed by atoms with Gasteiger partial charge in [0.2, 0.25) is 0 Å². The minimum Gasteiger partial charge on any atom is -0.382 e. The third-order valence-corrected chi connectivity index (χ3v) is 4.58. The van der Waals surface area contributed by atoms with Crippen LogP contribution in [0.4, 0.5) is 5.69 Å². The highest BCUT2D eigenvalue weighted by atomic mass is 79.9. The van der Waals surface area contributed by atoms with Crippen molar-refractivity contribution in [2.75, 3.05) is 5.32 Å². The van der Waals surface area contributed by atoms with Crippen molar-refractivity contribution in [2.45, 2.75) is 45.6 Å². The van der Waals surface area contributed by atoms with Gasteiger partial charge in [0.1, 0.15) is 0 Å². The van der Waals surface area contributed by atoms with E-state index in [1.165, 1.54) is 41.4 Å². The van der Waals surface area contributed by atoms with Crippen molar-refractivity contribution in [2.24, 2.45) is 5.92 Å². The van der Waals surface area contributed by atoms with Gasteiger partial charge in [-0.15, -0.1) is 0 Å². The lowest BCUT2D eigenvalue weighted by atomic mass is 9.85. The fourth-order valence-electron chi connectivity index (χ4n) is 2.49. The number of anilines is 1. The smallest absolute Gasteiger partial charge is 0.0383 e. The van der Waals surface area contributed by atoms with Gasteiger partial charge in [0.25, 0.3) is 0 Å². The Morgan fingerprint density at radius 1 is 1.25 bits per heavy atom. The lowest BCUT2D eigenvalue weighted by Gasteiger charge is -2.31. The Bertz CT molecular complexity index is 362. The van der Waals surface area contributed by atoms with Gasteiger partial charge in [-0.25, -0.2) is 0 Å². The van der Waals surface area contributed by atoms with Crippen LogP contribution < -0.4 is 5.32 Å². The van der Waals surface area contributed by atoms with Gasteiger partial charge >= 0.3 is 0 Å². The predicted octanol–water partition coefficient (Wildman–Crippen LogP) is 4.75. The second kappa shape index (κ2) is 5.22. The molecule has 1 fully saturated rings. The number of hydrogen-bond donors (Lipinski definition) is 1. The first-order valence-electron chi connectivity index (χ1n) is 6.20. The maximum atomic E-state index is 3.71. The van der Waals surface area contributed by atoms with Crippen LogP contribution in [0, 0.1) is 12.8 Å². The quantitative estimate of drug-likeness (QED) is 0.825. The molecule has 0 aliphatic heterocycles. The molecular weight excluding hydrogens is 262 g/mol. The van der Waals surface area contributed by atoms with Gasteiger partial charge in [-0.05, 0) is 43.4 Å². The minimum atomic E-state index is 0.654. The van der Waals surface area contributed by atoms with Crippen LogP contribution >= 0.6 is 15.9 Å². The molecule has 0 heterocycles. The molecule has 0 spiro atoms. The van der Waals surface area contributed by atoms with E-state index < -0.39 is 0 Å². The number of rotatable bonds is 2. The van der Waals surface area contributed by atoms with Crippen molar-refractivity contribution in [3.05, 3.63) is 28.2 Å². The molecule has 0 bridgehead atoms. The molecule has 0 amide bonds. The second-order valence-corrected chi connectivity index (χ2v) is 5.78. The Labute approximate surface area is 107 Å². The zero-order valence-corrected chi connectivity index (χ0v) is 11.7. The van der Waals surface area contributed by atoms with Gasteiger partial charge in [-0.1, -0.05) is 41.8 Å². The molecule has 88 valence electrons. The molecule has 2 atom stereocenters. The number of benzene rings is 1. The van der Waals surface area contributed by atoms with Crippen molar-refractivity contribution >= 4 is 21.6 Å². The Morgan fingerprint density at radius 3 is 2.75 bits per heavy atom. The molecule has 1 N–H and O–H groups in total. The molecule has 2 heteroatoms. The van der Waals surface area contributed by atoms with E-state index in [1.54, 1.807) is 0 Å². The summed E-state index contributed by atoms with van der Waals surface area (Å²) in [5, 5.41) is 3.71. The number of halogens is 1. The van der Waals surface area contributed by atoms with E-state index in [0.717, 1.165) is 5.92 Å². The van der Waals surface area contributed by atoms with Crippen LogP contribution in [0.2, 0.25) is 0 Å². The molecule has 1 aromatic rings. The topological polar surface area (TPSA) is 12.0 Å². The maximum absolute atomic E-state index is 3.71. The summed E-state index contributed by atoms with van der Waals surface area (Å²) < 4.78 is 1.20. The number of nitrogens with one attached hydrogen (secondary N) is 1. The fourth-order valence-corrected chi connectivity index (χ4v) is 2.86. The largest absolute Gasteiger partial charge is 0.382 e. The Morgan fingerprint density at radius 2 is 2.00 bits per heavy atom. The monoisotopic (exact) mass is 281 g/mol. The van der Waals surface area contributed by atoms with Crippen molar-refractivity contribution < 1.29 is 0 Å². The molecular formula is C14H20BrN. The van der Waals surface area contributed by atoms with Gasteiger partial charge < -0.3 is 5.32 Å². The molecule has 1 saturated carbocycles. The van der Waals surface area contributed by atoms with E-state index in [-0.39, 0.29) is 0 Å². The molecule has 1 aliphatic rings. The standard InChI is InChI=1S/C14H20BrN/c1-10-6-3-4-8-13(10)16-14-9-5-7-12(15)11(14)2/h5,7,9-10,13,16H,3-4,6,8H2,1-2H3. The first kappa shape index (κ1) is 12.0. The molecule has 2 rings (SSSR count). The van der Waals surface area contributed by atoms with Gasteiger partial charge in [0.15, 0.2) is 0 Å². The summed E-state index contributed by atoms with van der Waals surface area (Å²) in [4.78, 5) is 0. The first-order chi connectivity index (χ1) is 7.68. The molecule has 2 unspecified atom stereocenters. The molecule has 1 nitrogen and oxygen atoms in total. The lowest BCUT2D eigenvalue weighted by molar-refractivity contribution is 0.349. The predicted molar refractivity (Wildman–Crippen MR) is 73.9 cm³/mol. The molecule has 0 aromatic heterocycles. The van der Waals surface area contributed by atoms with Crippen molar-refractivity contribution in [3.8, 4) is 0 Å². The van der Waals surface area contributed by atoms with Crippen LogP contribution in [0.25, 0.3) is 0 Å². The SMILES string of the molecule is Cc1c(Br)cccc1NC1CCCCC1C. The first-order valence-corrected chi connectivity index (χ1v) is 6.99. The average Bonchev–Trinajstić information content (AvgIpc) is 2.28. The van der Waals surface area contributed by atoms with Crippen molar-refractivity contribution in [1.82, 2.24) is 0 Å². The summed E-state index contributed by atoms with van der Waals surface area (Å²) in [6.45, 7) is 4.53. The maximum Gasteiger partial charge on any atom is 0.0383 e. The van der Waals surface area contributed by atoms with Crippen LogP contribution in [-0.2, 0) is 0 Å². The van der Waals surface area contributed by atoms with Crippen LogP contribution in [0.5, 0.6) is 0 Å². The van der Waals surface area contributed by atoms with E-state index in [4.69, 9.17) is 0 Å². The highest BCUT2D eigenvalue weighted by Crippen LogP contribution is 2.30. The average molecular weight is 282 g/mol. The zero-order chi connectivity index (χ0) is 11.5. The van der Waals surface area contributed by atoms with E-state index in [2.05, 4.69) is 53.3 Å². The van der Waals surface area contributed by atoms with Gasteiger partial charge in [-0.2, -0.15) is 0 Å². The summed E-state index contributed by atoms with van der Waals surface area (Å²) in [7, 11) is 0. The van der Waals surface area contributed by atoms with E-state index in [9.17, 15) is 0 Å². The van der Waals surface area contributed by atoms with Crippen molar-refractivity contribution in [3.63, 3.8) is 0 Å². The summed E-state index contributed by atoms with van der Waals surface area (Å²) in [6.07, 6.45) is 5.45. The Hall–Kier alpha value is -0.500. The van der Waals surface area contributed by atoms with E-state index in [1.807, 2.05) is 0 Å². The van der Waals surface area contributed by atoms with E-state index in [0.29, 0.717) is 6.04 Å². The van der Waals surface area contributed by atoms with Crippen LogP contribution in [0.15, 0.2) is 22.7 Å². The molecule has 0 saturated heterocycles. The summed E-state index contributed by atoms with van der Waals surface area (Å²) in [6, 6.07) is 7.04. The van der Waals surface area contributed by atoms with Gasteiger partial charge in [0, 0.05) is 16.2 Å². The van der Waals surface area contributed by atoms with Crippen LogP contribution in [-0.4, -0.2) is 6.04 Å². The van der Waals surface area contributed by atoms with Gasteiger partial charge in [-0.3, -0.25) is 0 Å². The van der Waals surface area contributed by atoms with Gasteiger partial charge in [0.05, 0.1) is 0 Å². The summed E-state index contributed by atoms with van der Waals surface area (Å²) in [5.41, 5.74) is 2.60. The highest BCUT2D eigenvalue weighted by Gasteiger charge is 2.21. The molecule has 16 heavy (non-hydrogen) atoms. The summed E-state index contributed by atoms with van der Waals surface area (Å²) >= 11 is 3.59. The lowest BCUT2D eigenvalue weighted by Crippen LogP contribution is -2.30. The second-order valence-electron chi connectivity index (χ2n) is 4.92. The zero-order valence-electron chi connectivity index (χ0n) is 10.1. The molecule has 1 aromatic carbocycles. The summed E-state index contributed by atoms with van der Waals surface area (Å²) in [5.74, 6) is 0.798. The third-order valence-electron chi connectivity index (χ3n) is 3.72. The van der Waals surface area contributed by atoms with Crippen molar-refractivity contribution in [1.29, 1.82) is 0 Å². The minimum absolute atomic E-state index is 0.654. The Balaban J connectivity index is 2.10. The van der Waals surface area contributed by atoms with Crippen LogP contribution in [0.3, 0.4) is 0 Å². The normalized spacial score (nSPS) is 25.4. The highest BCUT2D eigenvalue weighted by molar-refractivity contribution is 9.10. The Kier molecular flexibility index (Phi) is 3.91. The molecule has 1 aliphatic carbocycles. The fraction of sp³-hybridized carbons (Fsp3) is 0.571. The molecule has 0 radical (unpaired) electrons. The van der Waals surface area contributed by atoms with Crippen LogP contribution in [0.1, 0.15) is 38.2 Å². The van der Waals surface area contributed by atoms with E-state index >= 15 is 0 Å².